The Morgan fingerprint density at radius 1 is 1.28 bits per heavy atom. The number of hydrogen-bond donors (Lipinski definition) is 1. The average molecular weight is 367 g/mol. The molecule has 2 aliphatic rings. The molecule has 1 aromatic rings. The molecule has 0 bridgehead atoms. The van der Waals surface area contributed by atoms with E-state index >= 15 is 0 Å². The molecule has 0 unspecified atom stereocenters. The number of carbonyl (C=O) groups excluding carboxylic acids is 1. The molecule has 3 atom stereocenters. The lowest BCUT2D eigenvalue weighted by Crippen LogP contribution is -2.46. The van der Waals surface area contributed by atoms with Crippen molar-refractivity contribution in [1.82, 2.24) is 9.80 Å². The number of benzene rings is 1. The minimum Gasteiger partial charge on any atom is -0.394 e. The van der Waals surface area contributed by atoms with Crippen molar-refractivity contribution in [2.24, 2.45) is 11.8 Å². The number of carbonyl (C=O) groups is 1. The Labute approximate surface area is 154 Å². The Morgan fingerprint density at radius 3 is 2.56 bits per heavy atom. The van der Waals surface area contributed by atoms with Crippen molar-refractivity contribution in [3.63, 3.8) is 0 Å². The zero-order valence-corrected chi connectivity index (χ0v) is 15.5. The number of aliphatic hydroxyl groups is 1. The summed E-state index contributed by atoms with van der Waals surface area (Å²) in [5, 5.41) is 10.7. The number of amides is 1. The van der Waals surface area contributed by atoms with E-state index in [9.17, 15) is 9.90 Å². The molecule has 2 fully saturated rings. The maximum atomic E-state index is 13.0. The molecule has 0 spiro atoms. The van der Waals surface area contributed by atoms with Gasteiger partial charge in [0.2, 0.25) is 0 Å². The lowest BCUT2D eigenvalue weighted by molar-refractivity contribution is 0.0206. The highest BCUT2D eigenvalue weighted by atomic mass is 35.5. The second kappa shape index (κ2) is 8.49. The van der Waals surface area contributed by atoms with Crippen molar-refractivity contribution in [3.8, 4) is 0 Å². The van der Waals surface area contributed by atoms with E-state index in [4.69, 9.17) is 16.3 Å². The lowest BCUT2D eigenvalue weighted by Gasteiger charge is -2.33. The van der Waals surface area contributed by atoms with E-state index < -0.39 is 0 Å². The molecule has 5 nitrogen and oxygen atoms in total. The molecule has 0 radical (unpaired) electrons. The fourth-order valence-corrected chi connectivity index (χ4v) is 4.20. The normalized spacial score (nSPS) is 27.6. The van der Waals surface area contributed by atoms with Gasteiger partial charge in [0.1, 0.15) is 0 Å². The molecule has 2 saturated heterocycles. The predicted molar refractivity (Wildman–Crippen MR) is 97.9 cm³/mol. The van der Waals surface area contributed by atoms with E-state index in [0.717, 1.165) is 39.3 Å². The van der Waals surface area contributed by atoms with E-state index in [2.05, 4.69) is 11.8 Å². The lowest BCUT2D eigenvalue weighted by atomic mass is 9.88. The number of morpholine rings is 1. The second-order valence-electron chi connectivity index (χ2n) is 6.96. The molecule has 0 aromatic heterocycles. The van der Waals surface area contributed by atoms with E-state index in [1.54, 1.807) is 24.3 Å². The number of nitrogens with zero attached hydrogens (tertiary/aromatic N) is 2. The molecule has 1 N–H and O–H groups in total. The van der Waals surface area contributed by atoms with Gasteiger partial charge in [-0.25, -0.2) is 0 Å². The van der Waals surface area contributed by atoms with Crippen LogP contribution in [0.2, 0.25) is 5.02 Å². The van der Waals surface area contributed by atoms with Crippen LogP contribution in [-0.2, 0) is 4.74 Å². The van der Waals surface area contributed by atoms with E-state index in [0.29, 0.717) is 29.0 Å². The summed E-state index contributed by atoms with van der Waals surface area (Å²) in [6.07, 6.45) is 1.01. The Bertz CT molecular complexity index is 575. The fraction of sp³-hybridized carbons (Fsp3) is 0.632. The van der Waals surface area contributed by atoms with Crippen LogP contribution in [0.4, 0.5) is 0 Å². The Balaban J connectivity index is 1.75. The summed E-state index contributed by atoms with van der Waals surface area (Å²) in [6.45, 7) is 7.18. The van der Waals surface area contributed by atoms with Crippen LogP contribution >= 0.6 is 11.6 Å². The Morgan fingerprint density at radius 2 is 1.96 bits per heavy atom. The van der Waals surface area contributed by atoms with E-state index in [-0.39, 0.29) is 18.6 Å². The van der Waals surface area contributed by atoms with Crippen molar-refractivity contribution < 1.29 is 14.6 Å². The van der Waals surface area contributed by atoms with Gasteiger partial charge in [-0.3, -0.25) is 9.69 Å². The third-order valence-electron chi connectivity index (χ3n) is 5.57. The number of aliphatic hydroxyl groups excluding tert-OH is 1. The molecular formula is C19H27ClN2O3. The van der Waals surface area contributed by atoms with Crippen molar-refractivity contribution in [1.29, 1.82) is 0 Å². The van der Waals surface area contributed by atoms with Crippen LogP contribution in [0, 0.1) is 11.8 Å². The third-order valence-corrected chi connectivity index (χ3v) is 5.82. The summed E-state index contributed by atoms with van der Waals surface area (Å²) in [6, 6.07) is 6.86. The number of hydrogen-bond acceptors (Lipinski definition) is 4. The van der Waals surface area contributed by atoms with Gasteiger partial charge >= 0.3 is 0 Å². The van der Waals surface area contributed by atoms with Gasteiger partial charge in [0.15, 0.2) is 0 Å². The average Bonchev–Trinajstić information content (AvgIpc) is 3.00. The summed E-state index contributed by atoms with van der Waals surface area (Å²) in [7, 11) is 0. The minimum absolute atomic E-state index is 0.00480. The summed E-state index contributed by atoms with van der Waals surface area (Å²) in [5.41, 5.74) is 0.629. The van der Waals surface area contributed by atoms with Crippen LogP contribution in [0.3, 0.4) is 0 Å². The molecule has 0 aliphatic carbocycles. The molecule has 2 aliphatic heterocycles. The van der Waals surface area contributed by atoms with Crippen LogP contribution in [0.25, 0.3) is 0 Å². The molecule has 25 heavy (non-hydrogen) atoms. The fourth-order valence-electron chi connectivity index (χ4n) is 4.08. The number of halogens is 1. The first-order valence-electron chi connectivity index (χ1n) is 9.11. The molecule has 138 valence electrons. The number of rotatable bonds is 5. The SMILES string of the molecule is CC[C@@H]1CN(C(=O)c2ccc(Cl)cc2)[C@H](CO)[C@@H]1CN1CCOCC1. The first-order valence-corrected chi connectivity index (χ1v) is 9.49. The van der Waals surface area contributed by atoms with Crippen LogP contribution in [0.15, 0.2) is 24.3 Å². The first kappa shape index (κ1) is 18.6. The van der Waals surface area contributed by atoms with Crippen molar-refractivity contribution in [2.45, 2.75) is 19.4 Å². The van der Waals surface area contributed by atoms with E-state index in [1.165, 1.54) is 0 Å². The van der Waals surface area contributed by atoms with Crippen LogP contribution in [0.1, 0.15) is 23.7 Å². The highest BCUT2D eigenvalue weighted by Crippen LogP contribution is 2.34. The standard InChI is InChI=1S/C19H27ClN2O3/c1-2-14-11-22(19(24)15-3-5-16(20)6-4-15)18(13-23)17(14)12-21-7-9-25-10-8-21/h3-6,14,17-18,23H,2,7-13H2,1H3/t14-,17-,18-/m1/s1. The summed E-state index contributed by atoms with van der Waals surface area (Å²) >= 11 is 5.93. The topological polar surface area (TPSA) is 53.0 Å². The number of likely N-dealkylation sites (tertiary alicyclic amines) is 1. The summed E-state index contributed by atoms with van der Waals surface area (Å²) in [4.78, 5) is 17.2. The smallest absolute Gasteiger partial charge is 0.254 e. The third kappa shape index (κ3) is 4.17. The summed E-state index contributed by atoms with van der Waals surface area (Å²) < 4.78 is 5.43. The van der Waals surface area contributed by atoms with Crippen molar-refractivity contribution >= 4 is 17.5 Å². The maximum Gasteiger partial charge on any atom is 0.254 e. The van der Waals surface area contributed by atoms with E-state index in [1.807, 2.05) is 4.90 Å². The van der Waals surface area contributed by atoms with Gasteiger partial charge in [0.05, 0.1) is 25.9 Å². The Kier molecular flexibility index (Phi) is 6.34. The first-order chi connectivity index (χ1) is 12.1. The second-order valence-corrected chi connectivity index (χ2v) is 7.40. The monoisotopic (exact) mass is 366 g/mol. The van der Waals surface area contributed by atoms with Gasteiger partial charge < -0.3 is 14.7 Å². The molecular weight excluding hydrogens is 340 g/mol. The van der Waals surface area contributed by atoms with Gasteiger partial charge in [0.25, 0.3) is 5.91 Å². The van der Waals surface area contributed by atoms with Gasteiger partial charge in [-0.15, -0.1) is 0 Å². The molecule has 1 amide bonds. The molecule has 2 heterocycles. The predicted octanol–water partition coefficient (Wildman–Crippen LogP) is 2.13. The van der Waals surface area contributed by atoms with Crippen LogP contribution in [0.5, 0.6) is 0 Å². The van der Waals surface area contributed by atoms with Crippen LogP contribution in [-0.4, -0.2) is 72.9 Å². The molecule has 0 saturated carbocycles. The van der Waals surface area contributed by atoms with Crippen molar-refractivity contribution in [2.75, 3.05) is 46.0 Å². The molecule has 6 heteroatoms. The number of ether oxygens (including phenoxy) is 1. The van der Waals surface area contributed by atoms with Gasteiger partial charge in [-0.1, -0.05) is 24.9 Å². The largest absolute Gasteiger partial charge is 0.394 e. The zero-order chi connectivity index (χ0) is 17.8. The van der Waals surface area contributed by atoms with Gasteiger partial charge in [0, 0.05) is 36.8 Å². The van der Waals surface area contributed by atoms with Crippen LogP contribution < -0.4 is 0 Å². The van der Waals surface area contributed by atoms with Gasteiger partial charge in [-0.2, -0.15) is 0 Å². The molecule has 1 aromatic carbocycles. The Hall–Kier alpha value is -1.14. The van der Waals surface area contributed by atoms with Gasteiger partial charge in [-0.05, 0) is 36.1 Å². The minimum atomic E-state index is -0.129. The maximum absolute atomic E-state index is 13.0. The van der Waals surface area contributed by atoms with Crippen molar-refractivity contribution in [3.05, 3.63) is 34.9 Å². The highest BCUT2D eigenvalue weighted by Gasteiger charge is 2.43. The quantitative estimate of drug-likeness (QED) is 0.867. The summed E-state index contributed by atoms with van der Waals surface area (Å²) in [5.74, 6) is 0.694. The highest BCUT2D eigenvalue weighted by molar-refractivity contribution is 6.30. The molecule has 3 rings (SSSR count). The zero-order valence-electron chi connectivity index (χ0n) is 14.7.